The number of aliphatic hydroxyl groups is 1. The van der Waals surface area contributed by atoms with Gasteiger partial charge in [-0.1, -0.05) is 64.8 Å². The average molecular weight is 413 g/mol. The average Bonchev–Trinajstić information content (AvgIpc) is 3.10. The molecule has 30 heavy (non-hydrogen) atoms. The van der Waals surface area contributed by atoms with Crippen molar-refractivity contribution >= 4 is 0 Å². The van der Waals surface area contributed by atoms with E-state index in [-0.39, 0.29) is 0 Å². The lowest BCUT2D eigenvalue weighted by Crippen LogP contribution is -2.49. The van der Waals surface area contributed by atoms with Gasteiger partial charge in [0.2, 0.25) is 0 Å². The third kappa shape index (κ3) is 3.66. The zero-order valence-corrected chi connectivity index (χ0v) is 20.5. The first-order valence-electron chi connectivity index (χ1n) is 13.3. The molecule has 9 atom stereocenters. The van der Waals surface area contributed by atoms with E-state index in [9.17, 15) is 5.11 Å². The van der Waals surface area contributed by atoms with Gasteiger partial charge in [-0.2, -0.15) is 0 Å². The number of aliphatic hydroxyl groups excluding tert-OH is 1. The third-order valence-electron chi connectivity index (χ3n) is 10.9. The van der Waals surface area contributed by atoms with E-state index in [0.717, 1.165) is 30.1 Å². The van der Waals surface area contributed by atoms with Gasteiger partial charge >= 0.3 is 0 Å². The largest absolute Gasteiger partial charge is 0.396 e. The summed E-state index contributed by atoms with van der Waals surface area (Å²) >= 11 is 0. The fourth-order valence-corrected chi connectivity index (χ4v) is 8.92. The topological polar surface area (TPSA) is 20.2 Å². The molecule has 3 saturated carbocycles. The normalized spacial score (nSPS) is 44.0. The van der Waals surface area contributed by atoms with E-state index >= 15 is 0 Å². The molecule has 1 heteroatoms. The van der Waals surface area contributed by atoms with Gasteiger partial charge in [0, 0.05) is 6.61 Å². The number of hydrogen-bond acceptors (Lipinski definition) is 1. The van der Waals surface area contributed by atoms with Crippen LogP contribution in [0.2, 0.25) is 0 Å². The van der Waals surface area contributed by atoms with Crippen LogP contribution in [0.4, 0.5) is 0 Å². The quantitative estimate of drug-likeness (QED) is 0.441. The molecule has 4 aliphatic rings. The van der Waals surface area contributed by atoms with Crippen molar-refractivity contribution < 1.29 is 5.11 Å². The molecule has 170 valence electrons. The van der Waals surface area contributed by atoms with Gasteiger partial charge in [-0.3, -0.25) is 0 Å². The van der Waals surface area contributed by atoms with E-state index < -0.39 is 0 Å². The molecular formula is C29H48O. The smallest absolute Gasteiger partial charge is 0.0462 e. The van der Waals surface area contributed by atoms with Crippen LogP contribution < -0.4 is 0 Å². The van der Waals surface area contributed by atoms with E-state index in [1.165, 1.54) is 57.8 Å². The molecule has 0 amide bonds. The van der Waals surface area contributed by atoms with E-state index in [4.69, 9.17) is 0 Å². The Morgan fingerprint density at radius 2 is 1.87 bits per heavy atom. The summed E-state index contributed by atoms with van der Waals surface area (Å²) in [4.78, 5) is 0. The van der Waals surface area contributed by atoms with Gasteiger partial charge < -0.3 is 5.11 Å². The second-order valence-corrected chi connectivity index (χ2v) is 12.2. The SMILES string of the molecule is CCC(C=C[C@@H](C)[C@H]1CC[C@H]2[C@@H]3CC=C4CCCC[C@]4(C)[C@H]3CC[C@]12C)C(C)CO. The second kappa shape index (κ2) is 8.76. The summed E-state index contributed by atoms with van der Waals surface area (Å²) in [6.07, 6.45) is 21.7. The maximum Gasteiger partial charge on any atom is 0.0462 e. The summed E-state index contributed by atoms with van der Waals surface area (Å²) in [7, 11) is 0. The Bertz CT molecular complexity index is 661. The molecule has 0 bridgehead atoms. The number of rotatable bonds is 6. The molecular weight excluding hydrogens is 364 g/mol. The van der Waals surface area contributed by atoms with Crippen molar-refractivity contribution in [2.24, 2.45) is 52.3 Å². The van der Waals surface area contributed by atoms with Crippen LogP contribution in [-0.4, -0.2) is 11.7 Å². The predicted octanol–water partition coefficient (Wildman–Crippen LogP) is 7.80. The Labute approximate surface area is 186 Å². The molecule has 0 aliphatic heterocycles. The number of hydrogen-bond donors (Lipinski definition) is 1. The van der Waals surface area contributed by atoms with Crippen LogP contribution in [0.1, 0.15) is 98.8 Å². The maximum absolute atomic E-state index is 9.58. The molecule has 4 rings (SSSR count). The lowest BCUT2D eigenvalue weighted by atomic mass is 9.47. The molecule has 0 saturated heterocycles. The van der Waals surface area contributed by atoms with E-state index in [1.54, 1.807) is 0 Å². The maximum atomic E-state index is 9.58. The first-order chi connectivity index (χ1) is 14.3. The lowest BCUT2D eigenvalue weighted by molar-refractivity contribution is -0.0462. The first-order valence-corrected chi connectivity index (χ1v) is 13.3. The Morgan fingerprint density at radius 1 is 1.07 bits per heavy atom. The first kappa shape index (κ1) is 22.6. The molecule has 0 aromatic rings. The van der Waals surface area contributed by atoms with E-state index in [0.29, 0.717) is 35.2 Å². The summed E-state index contributed by atoms with van der Waals surface area (Å²) in [6.45, 7) is 12.6. The Morgan fingerprint density at radius 3 is 2.60 bits per heavy atom. The fourth-order valence-electron chi connectivity index (χ4n) is 8.92. The van der Waals surface area contributed by atoms with Crippen LogP contribution in [0.15, 0.2) is 23.8 Å². The van der Waals surface area contributed by atoms with Gasteiger partial charge in [-0.05, 0) is 110 Å². The monoisotopic (exact) mass is 412 g/mol. The zero-order chi connectivity index (χ0) is 21.5. The van der Waals surface area contributed by atoms with Gasteiger partial charge in [0.05, 0.1) is 0 Å². The predicted molar refractivity (Wildman–Crippen MR) is 128 cm³/mol. The van der Waals surface area contributed by atoms with Crippen LogP contribution in [0.25, 0.3) is 0 Å². The van der Waals surface area contributed by atoms with Crippen molar-refractivity contribution in [3.8, 4) is 0 Å². The highest BCUT2D eigenvalue weighted by Crippen LogP contribution is 2.67. The molecule has 0 radical (unpaired) electrons. The minimum Gasteiger partial charge on any atom is -0.396 e. The molecule has 1 N–H and O–H groups in total. The lowest BCUT2D eigenvalue weighted by Gasteiger charge is -2.58. The summed E-state index contributed by atoms with van der Waals surface area (Å²) in [5, 5.41) is 9.58. The standard InChI is InChI=1S/C29H48O/c1-6-22(21(3)19-30)11-10-20(2)25-14-15-26-24-13-12-23-9-7-8-17-28(23,4)27(24)16-18-29(25,26)5/h10-12,20-22,24-27,30H,6-9,13-19H2,1-5H3/t20-,21?,22?,24+,25-,26+,27+,28+,29-/m1/s1. The van der Waals surface area contributed by atoms with Gasteiger partial charge in [0.1, 0.15) is 0 Å². The summed E-state index contributed by atoms with van der Waals surface area (Å²) in [6, 6.07) is 0. The highest BCUT2D eigenvalue weighted by molar-refractivity contribution is 5.24. The molecule has 0 aromatic carbocycles. The van der Waals surface area contributed by atoms with Crippen molar-refractivity contribution in [1.29, 1.82) is 0 Å². The third-order valence-corrected chi connectivity index (χ3v) is 10.9. The number of allylic oxidation sites excluding steroid dienone is 4. The molecule has 1 nitrogen and oxygen atoms in total. The summed E-state index contributed by atoms with van der Waals surface area (Å²) in [5.41, 5.74) is 2.90. The molecule has 2 unspecified atom stereocenters. The van der Waals surface area contributed by atoms with Gasteiger partial charge in [0.25, 0.3) is 0 Å². The van der Waals surface area contributed by atoms with Crippen molar-refractivity contribution in [3.63, 3.8) is 0 Å². The minimum atomic E-state index is 0.303. The molecule has 0 aromatic heterocycles. The number of fused-ring (bicyclic) bond motifs is 5. The van der Waals surface area contributed by atoms with Gasteiger partial charge in [-0.25, -0.2) is 0 Å². The minimum absolute atomic E-state index is 0.303. The van der Waals surface area contributed by atoms with Crippen molar-refractivity contribution in [1.82, 2.24) is 0 Å². The van der Waals surface area contributed by atoms with E-state index in [2.05, 4.69) is 52.8 Å². The molecule has 0 spiro atoms. The molecule has 0 heterocycles. The Balaban J connectivity index is 1.50. The van der Waals surface area contributed by atoms with Crippen molar-refractivity contribution in [2.45, 2.75) is 98.8 Å². The fraction of sp³-hybridized carbons (Fsp3) is 0.862. The van der Waals surface area contributed by atoms with Crippen LogP contribution >= 0.6 is 0 Å². The van der Waals surface area contributed by atoms with Crippen molar-refractivity contribution in [2.75, 3.05) is 6.61 Å². The zero-order valence-electron chi connectivity index (χ0n) is 20.5. The van der Waals surface area contributed by atoms with Gasteiger partial charge in [-0.15, -0.1) is 0 Å². The van der Waals surface area contributed by atoms with Crippen LogP contribution in [-0.2, 0) is 0 Å². The highest BCUT2D eigenvalue weighted by Gasteiger charge is 2.58. The van der Waals surface area contributed by atoms with E-state index in [1.807, 2.05) is 5.57 Å². The molecule has 3 fully saturated rings. The van der Waals surface area contributed by atoms with Crippen LogP contribution in [0.3, 0.4) is 0 Å². The Kier molecular flexibility index (Phi) is 6.61. The Hall–Kier alpha value is -0.560. The summed E-state index contributed by atoms with van der Waals surface area (Å²) < 4.78 is 0. The van der Waals surface area contributed by atoms with Crippen molar-refractivity contribution in [3.05, 3.63) is 23.8 Å². The van der Waals surface area contributed by atoms with Crippen LogP contribution in [0.5, 0.6) is 0 Å². The van der Waals surface area contributed by atoms with Crippen LogP contribution in [0, 0.1) is 52.3 Å². The van der Waals surface area contributed by atoms with Gasteiger partial charge in [0.15, 0.2) is 0 Å². The summed E-state index contributed by atoms with van der Waals surface area (Å²) in [5.74, 6) is 5.23. The highest BCUT2D eigenvalue weighted by atomic mass is 16.3. The second-order valence-electron chi connectivity index (χ2n) is 12.2. The molecule has 4 aliphatic carbocycles.